The summed E-state index contributed by atoms with van der Waals surface area (Å²) in [5, 5.41) is 6.98. The van der Waals surface area contributed by atoms with Crippen LogP contribution in [0, 0.1) is 0 Å². The van der Waals surface area contributed by atoms with E-state index in [1.807, 2.05) is 84.9 Å². The van der Waals surface area contributed by atoms with Crippen LogP contribution in [0.3, 0.4) is 0 Å². The molecule has 0 aliphatic heterocycles. The van der Waals surface area contributed by atoms with Crippen LogP contribution in [0.4, 0.5) is 0 Å². The SMILES string of the molecule is [2H]c1c([2H])c([2H])c2c(c1[2H])c1c([2H])c(-c3cccc4c3sc3ccccc34)c([2H])c([2H])c1n2-c1c(-c2ccccc2)cc([Si](c2ccccc2)(c2ccccc2)c2ccccc2)cc1-c1ccccc1. The summed E-state index contributed by atoms with van der Waals surface area (Å²) in [7, 11) is -3.22. The lowest BCUT2D eigenvalue weighted by atomic mass is 9.95. The zero-order valence-electron chi connectivity index (χ0n) is 41.0. The first kappa shape index (κ1) is 30.5. The number of hydrogen-bond acceptors (Lipinski definition) is 1. The summed E-state index contributed by atoms with van der Waals surface area (Å²) in [6.45, 7) is 0. The molecule has 0 unspecified atom stereocenters. The number of benzene rings is 10. The van der Waals surface area contributed by atoms with Crippen molar-refractivity contribution in [2.45, 2.75) is 0 Å². The van der Waals surface area contributed by atoms with Crippen LogP contribution in [0.1, 0.15) is 9.60 Å². The third-order valence-electron chi connectivity index (χ3n) is 12.4. The largest absolute Gasteiger partial charge is 0.308 e. The number of nitrogens with zero attached hydrogens (tertiary/aromatic N) is 1. The summed E-state index contributed by atoms with van der Waals surface area (Å²) in [4.78, 5) is 0. The normalized spacial score (nSPS) is 13.4. The molecule has 1 nitrogen and oxygen atoms in total. The van der Waals surface area contributed by atoms with Crippen molar-refractivity contribution in [3.05, 3.63) is 249 Å². The molecular formula is C60H41NSSi. The summed E-state index contributed by atoms with van der Waals surface area (Å²) in [5.41, 5.74) is 4.99. The van der Waals surface area contributed by atoms with E-state index in [-0.39, 0.29) is 57.6 Å². The molecule has 0 aliphatic carbocycles. The number of fused-ring (bicyclic) bond motifs is 6. The first-order valence-corrected chi connectivity index (χ1v) is 23.9. The van der Waals surface area contributed by atoms with Gasteiger partial charge in [0, 0.05) is 42.1 Å². The van der Waals surface area contributed by atoms with Gasteiger partial charge in [-0.1, -0.05) is 224 Å². The van der Waals surface area contributed by atoms with Gasteiger partial charge in [-0.05, 0) is 67.2 Å². The maximum atomic E-state index is 10.3. The van der Waals surface area contributed by atoms with Crippen LogP contribution in [0.25, 0.3) is 81.0 Å². The van der Waals surface area contributed by atoms with E-state index >= 15 is 0 Å². The summed E-state index contributed by atoms with van der Waals surface area (Å²) in [6, 6.07) is 68.8. The van der Waals surface area contributed by atoms with E-state index in [1.54, 1.807) is 15.9 Å². The Labute approximate surface area is 382 Å². The molecule has 0 fully saturated rings. The summed E-state index contributed by atoms with van der Waals surface area (Å²) in [6.07, 6.45) is 0. The van der Waals surface area contributed by atoms with Crippen LogP contribution in [-0.4, -0.2) is 12.6 Å². The van der Waals surface area contributed by atoms with E-state index in [9.17, 15) is 8.22 Å². The van der Waals surface area contributed by atoms with Gasteiger partial charge in [0.2, 0.25) is 0 Å². The van der Waals surface area contributed by atoms with Crippen molar-refractivity contribution < 1.29 is 9.60 Å². The minimum atomic E-state index is -3.22. The molecule has 296 valence electrons. The molecular weight excluding hydrogens is 795 g/mol. The van der Waals surface area contributed by atoms with E-state index in [0.717, 1.165) is 47.6 Å². The van der Waals surface area contributed by atoms with Crippen LogP contribution in [-0.2, 0) is 0 Å². The van der Waals surface area contributed by atoms with Gasteiger partial charge < -0.3 is 4.57 Å². The Morgan fingerprint density at radius 2 is 0.889 bits per heavy atom. The van der Waals surface area contributed by atoms with Crippen LogP contribution >= 0.6 is 11.3 Å². The molecule has 0 N–H and O–H groups in total. The van der Waals surface area contributed by atoms with Crippen molar-refractivity contribution in [2.75, 3.05) is 0 Å². The highest BCUT2D eigenvalue weighted by Gasteiger charge is 2.42. The Balaban J connectivity index is 1.30. The maximum absolute atomic E-state index is 10.3. The highest BCUT2D eigenvalue weighted by Crippen LogP contribution is 2.44. The molecule has 0 atom stereocenters. The molecule has 10 aromatic carbocycles. The molecule has 0 aliphatic rings. The predicted molar refractivity (Wildman–Crippen MR) is 274 cm³/mol. The van der Waals surface area contributed by atoms with Crippen LogP contribution < -0.4 is 20.7 Å². The van der Waals surface area contributed by atoms with Crippen molar-refractivity contribution in [3.8, 4) is 39.1 Å². The van der Waals surface area contributed by atoms with Gasteiger partial charge in [-0.15, -0.1) is 11.3 Å². The molecule has 2 aromatic heterocycles. The molecule has 0 saturated carbocycles. The third kappa shape index (κ3) is 6.04. The number of hydrogen-bond donors (Lipinski definition) is 0. The van der Waals surface area contributed by atoms with E-state index in [2.05, 4.69) is 121 Å². The Kier molecular flexibility index (Phi) is 7.45. The second-order valence-electron chi connectivity index (χ2n) is 15.8. The zero-order chi connectivity index (χ0) is 47.8. The minimum absolute atomic E-state index is 0.0717. The fourth-order valence-corrected chi connectivity index (χ4v) is 15.7. The van der Waals surface area contributed by atoms with Gasteiger partial charge >= 0.3 is 0 Å². The quantitative estimate of drug-likeness (QED) is 0.106. The van der Waals surface area contributed by atoms with Crippen LogP contribution in [0.2, 0.25) is 0 Å². The third-order valence-corrected chi connectivity index (χ3v) is 18.4. The van der Waals surface area contributed by atoms with E-state index in [1.165, 1.54) is 15.6 Å². The second-order valence-corrected chi connectivity index (χ2v) is 20.7. The highest BCUT2D eigenvalue weighted by molar-refractivity contribution is 7.26. The summed E-state index contributed by atoms with van der Waals surface area (Å²) >= 11 is 1.57. The first-order valence-electron chi connectivity index (χ1n) is 24.6. The highest BCUT2D eigenvalue weighted by atomic mass is 32.1. The Morgan fingerprint density at radius 3 is 1.49 bits per heavy atom. The lowest BCUT2D eigenvalue weighted by molar-refractivity contribution is 1.18. The average molecular weight is 843 g/mol. The van der Waals surface area contributed by atoms with Gasteiger partial charge in [-0.3, -0.25) is 0 Å². The van der Waals surface area contributed by atoms with Gasteiger partial charge in [0.25, 0.3) is 0 Å². The van der Waals surface area contributed by atoms with Gasteiger partial charge in [0.1, 0.15) is 0 Å². The van der Waals surface area contributed by atoms with Gasteiger partial charge in [-0.25, -0.2) is 0 Å². The molecule has 12 aromatic rings. The fourth-order valence-electron chi connectivity index (χ4n) is 9.65. The van der Waals surface area contributed by atoms with Gasteiger partial charge in [0.15, 0.2) is 8.07 Å². The molecule has 0 radical (unpaired) electrons. The van der Waals surface area contributed by atoms with E-state index < -0.39 is 20.2 Å². The van der Waals surface area contributed by atoms with Crippen molar-refractivity contribution >= 4 is 82.1 Å². The number of thiophene rings is 1. The molecule has 0 bridgehead atoms. The zero-order valence-corrected chi connectivity index (χ0v) is 35.8. The average Bonchev–Trinajstić information content (AvgIpc) is 3.98. The monoisotopic (exact) mass is 842 g/mol. The van der Waals surface area contributed by atoms with E-state index in [4.69, 9.17) is 1.37 Å². The van der Waals surface area contributed by atoms with Crippen molar-refractivity contribution in [1.82, 2.24) is 4.57 Å². The minimum Gasteiger partial charge on any atom is -0.308 e. The van der Waals surface area contributed by atoms with Crippen molar-refractivity contribution in [1.29, 1.82) is 0 Å². The number of para-hydroxylation sites is 1. The molecule has 2 heterocycles. The molecule has 12 rings (SSSR count). The standard InChI is InChI=1S/C60H41NSSi/c1-6-21-42(22-7-1)53-40-48(63(45-25-10-3-11-26-45,46-27-12-4-13-28-46)47-29-14-5-15-30-47)41-54(43-23-8-2-9-24-43)59(53)61-56-35-18-16-31-50(56)55-39-44(37-38-57(55)61)49-33-20-34-52-51-32-17-19-36-58(51)62-60(49)52/h1-41H/i16D,18D,31D,35D,37D,38D,39D. The topological polar surface area (TPSA) is 4.93 Å². The molecule has 3 heteroatoms. The predicted octanol–water partition coefficient (Wildman–Crippen LogP) is 13.5. The Hall–Kier alpha value is -7.56. The number of aromatic nitrogens is 1. The lowest BCUT2D eigenvalue weighted by Crippen LogP contribution is -2.74. The van der Waals surface area contributed by atoms with Crippen LogP contribution in [0.15, 0.2) is 249 Å². The Bertz CT molecular complexity index is 3850. The summed E-state index contributed by atoms with van der Waals surface area (Å²) < 4.78 is 71.8. The Morgan fingerprint density at radius 1 is 0.381 bits per heavy atom. The molecule has 0 spiro atoms. The van der Waals surface area contributed by atoms with Gasteiger partial charge in [0.05, 0.1) is 26.3 Å². The molecule has 0 saturated heterocycles. The number of rotatable bonds is 8. The smallest absolute Gasteiger partial charge is 0.179 e. The molecule has 0 amide bonds. The van der Waals surface area contributed by atoms with Crippen LogP contribution in [0.5, 0.6) is 0 Å². The van der Waals surface area contributed by atoms with Crippen molar-refractivity contribution in [2.24, 2.45) is 0 Å². The fraction of sp³-hybridized carbons (Fsp3) is 0. The second kappa shape index (κ2) is 15.4. The maximum Gasteiger partial charge on any atom is 0.179 e. The lowest BCUT2D eigenvalue weighted by Gasteiger charge is -2.36. The van der Waals surface area contributed by atoms with E-state index in [0.29, 0.717) is 11.3 Å². The van der Waals surface area contributed by atoms with Gasteiger partial charge in [-0.2, -0.15) is 0 Å². The first-order chi connectivity index (χ1) is 34.2. The van der Waals surface area contributed by atoms with Crippen molar-refractivity contribution in [3.63, 3.8) is 0 Å². The molecule has 63 heavy (non-hydrogen) atoms. The summed E-state index contributed by atoms with van der Waals surface area (Å²) in [5.74, 6) is 0.